The first kappa shape index (κ1) is 12.3. The van der Waals surface area contributed by atoms with E-state index in [1.54, 1.807) is 12.3 Å². The van der Waals surface area contributed by atoms with Gasteiger partial charge < -0.3 is 0 Å². The Bertz CT molecular complexity index is 646. The molecule has 0 bridgehead atoms. The largest absolute Gasteiger partial charge is 0.328 e. The van der Waals surface area contributed by atoms with Gasteiger partial charge in [0.25, 0.3) is 5.56 Å². The van der Waals surface area contributed by atoms with E-state index < -0.39 is 11.2 Å². The van der Waals surface area contributed by atoms with E-state index in [1.165, 1.54) is 10.8 Å². The fourth-order valence-corrected chi connectivity index (χ4v) is 1.86. The van der Waals surface area contributed by atoms with E-state index in [2.05, 4.69) is 41.8 Å². The molecule has 0 aromatic carbocycles. The summed E-state index contributed by atoms with van der Waals surface area (Å²) in [5.74, 6) is 0. The van der Waals surface area contributed by atoms with Gasteiger partial charge in [0, 0.05) is 16.9 Å². The van der Waals surface area contributed by atoms with Crippen molar-refractivity contribution in [3.63, 3.8) is 0 Å². The van der Waals surface area contributed by atoms with Crippen LogP contribution in [0.3, 0.4) is 0 Å². The number of aromatic amines is 1. The van der Waals surface area contributed by atoms with E-state index in [1.807, 2.05) is 6.07 Å². The average molecular weight is 361 g/mol. The van der Waals surface area contributed by atoms with Crippen LogP contribution in [0, 0.1) is 0 Å². The lowest BCUT2D eigenvalue weighted by molar-refractivity contribution is 0.701. The van der Waals surface area contributed by atoms with Crippen LogP contribution in [0.25, 0.3) is 0 Å². The molecule has 5 nitrogen and oxygen atoms in total. The molecule has 0 saturated heterocycles. The lowest BCUT2D eigenvalue weighted by Crippen LogP contribution is -2.30. The van der Waals surface area contributed by atoms with Gasteiger partial charge in [0.1, 0.15) is 0 Å². The van der Waals surface area contributed by atoms with Gasteiger partial charge in [0.2, 0.25) is 0 Å². The van der Waals surface area contributed by atoms with E-state index in [0.29, 0.717) is 11.0 Å². The number of pyridine rings is 1. The second-order valence-electron chi connectivity index (χ2n) is 3.33. The van der Waals surface area contributed by atoms with Gasteiger partial charge in [-0.3, -0.25) is 19.3 Å². The van der Waals surface area contributed by atoms with Crippen molar-refractivity contribution in [2.24, 2.45) is 0 Å². The Balaban J connectivity index is 2.36. The van der Waals surface area contributed by atoms with E-state index >= 15 is 0 Å². The summed E-state index contributed by atoms with van der Waals surface area (Å²) in [5.41, 5.74) is -0.160. The number of hydrogen-bond donors (Lipinski definition) is 1. The number of halogens is 2. The molecule has 0 fully saturated rings. The lowest BCUT2D eigenvalue weighted by atomic mass is 10.3. The normalized spacial score (nSPS) is 10.5. The minimum Gasteiger partial charge on any atom is -0.293 e. The van der Waals surface area contributed by atoms with Crippen molar-refractivity contribution in [3.8, 4) is 0 Å². The van der Waals surface area contributed by atoms with Crippen molar-refractivity contribution in [1.29, 1.82) is 0 Å². The highest BCUT2D eigenvalue weighted by atomic mass is 79.9. The average Bonchev–Trinajstić information content (AvgIpc) is 2.29. The first-order valence-electron chi connectivity index (χ1n) is 4.66. The van der Waals surface area contributed by atoms with Gasteiger partial charge in [-0.2, -0.15) is 0 Å². The number of nitrogens with one attached hydrogen (secondary N) is 1. The van der Waals surface area contributed by atoms with Gasteiger partial charge in [-0.15, -0.1) is 0 Å². The Labute approximate surface area is 113 Å². The zero-order valence-corrected chi connectivity index (χ0v) is 11.7. The molecule has 0 atom stereocenters. The van der Waals surface area contributed by atoms with E-state index in [0.717, 1.165) is 10.2 Å². The molecule has 0 aliphatic carbocycles. The van der Waals surface area contributed by atoms with Crippen molar-refractivity contribution in [3.05, 3.63) is 60.0 Å². The maximum atomic E-state index is 11.5. The quantitative estimate of drug-likeness (QED) is 0.882. The van der Waals surface area contributed by atoms with E-state index in [4.69, 9.17) is 0 Å². The first-order valence-corrected chi connectivity index (χ1v) is 6.24. The van der Waals surface area contributed by atoms with Crippen LogP contribution >= 0.6 is 31.9 Å². The molecule has 1 N–H and O–H groups in total. The Morgan fingerprint density at radius 1 is 1.29 bits per heavy atom. The summed E-state index contributed by atoms with van der Waals surface area (Å²) in [6, 6.07) is 3.64. The molecule has 88 valence electrons. The molecule has 0 radical (unpaired) electrons. The Morgan fingerprint density at radius 2 is 2.06 bits per heavy atom. The van der Waals surface area contributed by atoms with E-state index in [9.17, 15) is 9.59 Å². The van der Waals surface area contributed by atoms with Crippen LogP contribution in [-0.2, 0) is 6.54 Å². The highest BCUT2D eigenvalue weighted by Gasteiger charge is 2.03. The lowest BCUT2D eigenvalue weighted by Gasteiger charge is -2.04. The minimum atomic E-state index is -0.456. The second kappa shape index (κ2) is 4.97. The monoisotopic (exact) mass is 359 g/mol. The zero-order chi connectivity index (χ0) is 12.4. The minimum absolute atomic E-state index is 0.307. The number of rotatable bonds is 2. The molecular weight excluding hydrogens is 354 g/mol. The molecule has 17 heavy (non-hydrogen) atoms. The Kier molecular flexibility index (Phi) is 3.58. The summed E-state index contributed by atoms with van der Waals surface area (Å²) < 4.78 is 2.56. The van der Waals surface area contributed by atoms with Crippen molar-refractivity contribution in [2.45, 2.75) is 6.54 Å². The van der Waals surface area contributed by atoms with Gasteiger partial charge in [-0.25, -0.2) is 4.79 Å². The molecule has 2 aromatic rings. The van der Waals surface area contributed by atoms with Crippen molar-refractivity contribution in [2.75, 3.05) is 0 Å². The summed E-state index contributed by atoms with van der Waals surface area (Å²) in [7, 11) is 0. The predicted molar refractivity (Wildman–Crippen MR) is 70.1 cm³/mol. The molecule has 0 amide bonds. The van der Waals surface area contributed by atoms with Crippen LogP contribution in [0.15, 0.2) is 43.1 Å². The van der Waals surface area contributed by atoms with Crippen LogP contribution in [0.4, 0.5) is 0 Å². The molecular formula is C10H7Br2N3O2. The molecule has 0 unspecified atom stereocenters. The summed E-state index contributed by atoms with van der Waals surface area (Å²) >= 11 is 6.35. The Morgan fingerprint density at radius 3 is 2.71 bits per heavy atom. The fourth-order valence-electron chi connectivity index (χ4n) is 1.27. The first-order chi connectivity index (χ1) is 8.06. The molecule has 2 heterocycles. The van der Waals surface area contributed by atoms with Crippen molar-refractivity contribution >= 4 is 31.9 Å². The molecule has 0 spiro atoms. The highest BCUT2D eigenvalue weighted by Crippen LogP contribution is 2.08. The third kappa shape index (κ3) is 2.92. The van der Waals surface area contributed by atoms with Gasteiger partial charge in [-0.1, -0.05) is 0 Å². The third-order valence-corrected chi connectivity index (χ3v) is 3.12. The summed E-state index contributed by atoms with van der Waals surface area (Å²) in [5, 5.41) is 0. The number of aromatic nitrogens is 3. The summed E-state index contributed by atoms with van der Waals surface area (Å²) in [6.07, 6.45) is 3.10. The summed E-state index contributed by atoms with van der Waals surface area (Å²) in [6.45, 7) is 0.307. The highest BCUT2D eigenvalue weighted by molar-refractivity contribution is 9.10. The molecule has 2 aromatic heterocycles. The fraction of sp³-hybridized carbons (Fsp3) is 0.100. The van der Waals surface area contributed by atoms with Crippen LogP contribution < -0.4 is 11.2 Å². The SMILES string of the molecule is O=c1[nH]c(=O)n(Cc2ccc(Br)cn2)cc1Br. The third-order valence-electron chi connectivity index (χ3n) is 2.09. The van der Waals surface area contributed by atoms with Gasteiger partial charge in [-0.05, 0) is 44.0 Å². The number of hydrogen-bond acceptors (Lipinski definition) is 3. The molecule has 0 aliphatic rings. The van der Waals surface area contributed by atoms with Gasteiger partial charge in [0.15, 0.2) is 0 Å². The number of nitrogens with zero attached hydrogens (tertiary/aromatic N) is 2. The van der Waals surface area contributed by atoms with Crippen molar-refractivity contribution in [1.82, 2.24) is 14.5 Å². The zero-order valence-electron chi connectivity index (χ0n) is 8.48. The molecule has 7 heteroatoms. The van der Waals surface area contributed by atoms with Gasteiger partial charge in [0.05, 0.1) is 16.7 Å². The second-order valence-corrected chi connectivity index (χ2v) is 5.10. The number of H-pyrrole nitrogens is 1. The summed E-state index contributed by atoms with van der Waals surface area (Å²) in [4.78, 5) is 29.0. The topological polar surface area (TPSA) is 67.8 Å². The van der Waals surface area contributed by atoms with Crippen LogP contribution in [0.2, 0.25) is 0 Å². The Hall–Kier alpha value is -1.21. The van der Waals surface area contributed by atoms with Crippen LogP contribution in [-0.4, -0.2) is 14.5 Å². The van der Waals surface area contributed by atoms with Gasteiger partial charge >= 0.3 is 5.69 Å². The van der Waals surface area contributed by atoms with E-state index in [-0.39, 0.29) is 0 Å². The maximum Gasteiger partial charge on any atom is 0.328 e. The molecule has 0 aliphatic heterocycles. The standard InChI is InChI=1S/C10H7Br2N3O2/c11-6-1-2-7(13-3-6)4-15-5-8(12)9(16)14-10(15)17/h1-3,5H,4H2,(H,14,16,17). The van der Waals surface area contributed by atoms with Crippen LogP contribution in [0.1, 0.15) is 5.69 Å². The molecule has 2 rings (SSSR count). The van der Waals surface area contributed by atoms with Crippen molar-refractivity contribution < 1.29 is 0 Å². The van der Waals surface area contributed by atoms with Crippen LogP contribution in [0.5, 0.6) is 0 Å². The maximum absolute atomic E-state index is 11.5. The smallest absolute Gasteiger partial charge is 0.293 e. The predicted octanol–water partition coefficient (Wildman–Crippen LogP) is 1.50. The molecule has 0 saturated carbocycles.